The van der Waals surface area contributed by atoms with Crippen LogP contribution in [0.3, 0.4) is 0 Å². The van der Waals surface area contributed by atoms with Gasteiger partial charge in [0.2, 0.25) is 10.0 Å². The van der Waals surface area contributed by atoms with Crippen molar-refractivity contribution in [3.8, 4) is 11.5 Å². The molecular formula is C17H18BrClN2O5S. The summed E-state index contributed by atoms with van der Waals surface area (Å²) < 4.78 is 39.1. The number of amides is 1. The third kappa shape index (κ3) is 5.58. The zero-order valence-corrected chi connectivity index (χ0v) is 17.7. The van der Waals surface area contributed by atoms with Gasteiger partial charge in [0.1, 0.15) is 23.0 Å². The number of halogens is 2. The smallest absolute Gasteiger partial charge is 0.252 e. The van der Waals surface area contributed by atoms with Crippen molar-refractivity contribution >= 4 is 43.5 Å². The van der Waals surface area contributed by atoms with Gasteiger partial charge in [-0.05, 0) is 43.3 Å². The SMILES string of the molecule is COc1ccc(Br)cc1S(=O)(=O)N[C@@H](C)COc1ccc(Cl)cc1C(N)=O. The molecule has 0 heterocycles. The van der Waals surface area contributed by atoms with E-state index in [4.69, 9.17) is 26.8 Å². The van der Waals surface area contributed by atoms with Crippen molar-refractivity contribution in [2.24, 2.45) is 5.73 Å². The van der Waals surface area contributed by atoms with Crippen molar-refractivity contribution in [2.75, 3.05) is 13.7 Å². The van der Waals surface area contributed by atoms with Gasteiger partial charge in [-0.3, -0.25) is 4.79 Å². The minimum Gasteiger partial charge on any atom is -0.495 e. The van der Waals surface area contributed by atoms with Crippen LogP contribution >= 0.6 is 27.5 Å². The van der Waals surface area contributed by atoms with Gasteiger partial charge >= 0.3 is 0 Å². The molecule has 0 saturated heterocycles. The molecule has 2 aromatic carbocycles. The van der Waals surface area contributed by atoms with Gasteiger partial charge < -0.3 is 15.2 Å². The first-order valence-electron chi connectivity index (χ1n) is 7.72. The van der Waals surface area contributed by atoms with Crippen LogP contribution < -0.4 is 19.9 Å². The largest absolute Gasteiger partial charge is 0.495 e. The van der Waals surface area contributed by atoms with Crippen molar-refractivity contribution in [1.29, 1.82) is 0 Å². The number of hydrogen-bond donors (Lipinski definition) is 2. The number of nitrogens with two attached hydrogens (primary N) is 1. The van der Waals surface area contributed by atoms with Crippen LogP contribution in [0, 0.1) is 0 Å². The fourth-order valence-electron chi connectivity index (χ4n) is 2.26. The van der Waals surface area contributed by atoms with E-state index in [1.807, 2.05) is 0 Å². The Hall–Kier alpha value is -1.81. The highest BCUT2D eigenvalue weighted by Gasteiger charge is 2.23. The summed E-state index contributed by atoms with van der Waals surface area (Å²) >= 11 is 9.09. The van der Waals surface area contributed by atoms with Crippen LogP contribution in [-0.4, -0.2) is 34.1 Å². The van der Waals surface area contributed by atoms with Crippen molar-refractivity contribution in [1.82, 2.24) is 4.72 Å². The van der Waals surface area contributed by atoms with Gasteiger partial charge in [0.05, 0.1) is 18.7 Å². The molecule has 1 atom stereocenters. The highest BCUT2D eigenvalue weighted by atomic mass is 79.9. The Balaban J connectivity index is 2.13. The molecule has 0 radical (unpaired) electrons. The van der Waals surface area contributed by atoms with Crippen molar-refractivity contribution in [3.63, 3.8) is 0 Å². The normalized spacial score (nSPS) is 12.4. The van der Waals surface area contributed by atoms with Crippen molar-refractivity contribution in [2.45, 2.75) is 17.9 Å². The quantitative estimate of drug-likeness (QED) is 0.608. The molecule has 10 heteroatoms. The van der Waals surface area contributed by atoms with Crippen LogP contribution in [0.25, 0.3) is 0 Å². The Morgan fingerprint density at radius 2 is 1.93 bits per heavy atom. The fraction of sp³-hybridized carbons (Fsp3) is 0.235. The lowest BCUT2D eigenvalue weighted by molar-refractivity contribution is 0.0996. The minimum atomic E-state index is -3.86. The molecule has 0 fully saturated rings. The van der Waals surface area contributed by atoms with E-state index >= 15 is 0 Å². The summed E-state index contributed by atoms with van der Waals surface area (Å²) in [7, 11) is -2.47. The molecule has 2 aromatic rings. The van der Waals surface area contributed by atoms with Crippen LogP contribution in [0.5, 0.6) is 11.5 Å². The number of benzene rings is 2. The Labute approximate surface area is 171 Å². The Morgan fingerprint density at radius 1 is 1.26 bits per heavy atom. The molecular weight excluding hydrogens is 460 g/mol. The van der Waals surface area contributed by atoms with Gasteiger partial charge in [0, 0.05) is 9.50 Å². The third-order valence-corrected chi connectivity index (χ3v) is 5.81. The van der Waals surface area contributed by atoms with Crippen LogP contribution in [0.2, 0.25) is 5.02 Å². The monoisotopic (exact) mass is 476 g/mol. The molecule has 3 N–H and O–H groups in total. The molecule has 0 aromatic heterocycles. The minimum absolute atomic E-state index is 0.00413. The molecule has 27 heavy (non-hydrogen) atoms. The lowest BCUT2D eigenvalue weighted by atomic mass is 10.2. The fourth-order valence-corrected chi connectivity index (χ4v) is 4.37. The molecule has 0 saturated carbocycles. The highest BCUT2D eigenvalue weighted by molar-refractivity contribution is 9.10. The zero-order valence-electron chi connectivity index (χ0n) is 14.5. The predicted octanol–water partition coefficient (Wildman–Crippen LogP) is 2.96. The summed E-state index contributed by atoms with van der Waals surface area (Å²) in [6.07, 6.45) is 0. The van der Waals surface area contributed by atoms with Crippen LogP contribution in [0.15, 0.2) is 45.8 Å². The maximum absolute atomic E-state index is 12.6. The summed E-state index contributed by atoms with van der Waals surface area (Å²) in [4.78, 5) is 11.5. The van der Waals surface area contributed by atoms with Gasteiger partial charge in [0.15, 0.2) is 0 Å². The topological polar surface area (TPSA) is 108 Å². The van der Waals surface area contributed by atoms with E-state index in [-0.39, 0.29) is 28.6 Å². The standard InChI is InChI=1S/C17H18BrClN2O5S/c1-10(9-26-14-6-4-12(19)8-13(14)17(20)22)21-27(23,24)16-7-11(18)3-5-15(16)25-2/h3-8,10,21H,9H2,1-2H3,(H2,20,22)/t10-/m0/s1. The van der Waals surface area contributed by atoms with Gasteiger partial charge in [-0.2, -0.15) is 0 Å². The molecule has 0 aliphatic heterocycles. The summed E-state index contributed by atoms with van der Waals surface area (Å²) in [6.45, 7) is 1.60. The van der Waals surface area contributed by atoms with E-state index in [9.17, 15) is 13.2 Å². The third-order valence-electron chi connectivity index (χ3n) is 3.47. The lowest BCUT2D eigenvalue weighted by Gasteiger charge is -2.17. The van der Waals surface area contributed by atoms with Gasteiger partial charge in [-0.25, -0.2) is 13.1 Å². The van der Waals surface area contributed by atoms with Crippen LogP contribution in [-0.2, 0) is 10.0 Å². The molecule has 2 rings (SSSR count). The molecule has 7 nitrogen and oxygen atoms in total. The zero-order chi connectivity index (χ0) is 20.2. The number of rotatable bonds is 8. The van der Waals surface area contributed by atoms with Crippen LogP contribution in [0.1, 0.15) is 17.3 Å². The highest BCUT2D eigenvalue weighted by Crippen LogP contribution is 2.27. The Morgan fingerprint density at radius 3 is 2.56 bits per heavy atom. The van der Waals surface area contributed by atoms with E-state index < -0.39 is 22.0 Å². The van der Waals surface area contributed by atoms with E-state index in [1.54, 1.807) is 25.1 Å². The first-order chi connectivity index (χ1) is 12.6. The number of sulfonamides is 1. The summed E-state index contributed by atoms with van der Waals surface area (Å²) in [6, 6.07) is 8.50. The number of carbonyl (C=O) groups is 1. The average molecular weight is 478 g/mol. The first-order valence-corrected chi connectivity index (χ1v) is 10.4. The predicted molar refractivity (Wildman–Crippen MR) is 106 cm³/mol. The number of methoxy groups -OCH3 is 1. The van der Waals surface area contributed by atoms with Crippen molar-refractivity contribution in [3.05, 3.63) is 51.5 Å². The maximum atomic E-state index is 12.6. The van der Waals surface area contributed by atoms with Gasteiger partial charge in [-0.1, -0.05) is 27.5 Å². The van der Waals surface area contributed by atoms with E-state index in [0.29, 0.717) is 9.50 Å². The van der Waals surface area contributed by atoms with Crippen LogP contribution in [0.4, 0.5) is 0 Å². The first kappa shape index (κ1) is 21.5. The number of hydrogen-bond acceptors (Lipinski definition) is 5. The summed E-state index contributed by atoms with van der Waals surface area (Å²) in [5.41, 5.74) is 5.42. The van der Waals surface area contributed by atoms with Gasteiger partial charge in [-0.15, -0.1) is 0 Å². The molecule has 1 amide bonds. The second kappa shape index (κ2) is 8.92. The molecule has 0 unspecified atom stereocenters. The van der Waals surface area contributed by atoms with Gasteiger partial charge in [0.25, 0.3) is 5.91 Å². The second-order valence-electron chi connectivity index (χ2n) is 5.63. The maximum Gasteiger partial charge on any atom is 0.252 e. The molecule has 0 spiro atoms. The van der Waals surface area contributed by atoms with E-state index in [2.05, 4.69) is 20.7 Å². The molecule has 0 aliphatic rings. The van der Waals surface area contributed by atoms with E-state index in [0.717, 1.165) is 0 Å². The summed E-state index contributed by atoms with van der Waals surface area (Å²) in [5, 5.41) is 0.339. The van der Waals surface area contributed by atoms with Crippen molar-refractivity contribution < 1.29 is 22.7 Å². The Kier molecular flexibility index (Phi) is 7.10. The Bertz CT molecular complexity index is 952. The lowest BCUT2D eigenvalue weighted by Crippen LogP contribution is -2.37. The molecule has 146 valence electrons. The molecule has 0 bridgehead atoms. The number of ether oxygens (including phenoxy) is 2. The number of carbonyl (C=O) groups excluding carboxylic acids is 1. The number of nitrogens with one attached hydrogen (secondary N) is 1. The second-order valence-corrected chi connectivity index (χ2v) is 8.67. The average Bonchev–Trinajstić information content (AvgIpc) is 2.60. The number of primary amides is 1. The molecule has 0 aliphatic carbocycles. The summed E-state index contributed by atoms with van der Waals surface area (Å²) in [5.74, 6) is -0.259. The van der Waals surface area contributed by atoms with E-state index in [1.165, 1.54) is 25.3 Å².